The van der Waals surface area contributed by atoms with Crippen molar-refractivity contribution in [3.8, 4) is 0 Å². The van der Waals surface area contributed by atoms with Gasteiger partial charge in [-0.1, -0.05) is 15.9 Å². The summed E-state index contributed by atoms with van der Waals surface area (Å²) in [7, 11) is 0. The van der Waals surface area contributed by atoms with Crippen LogP contribution >= 0.6 is 32.1 Å². The average molecular weight is 322 g/mol. The first-order valence-electron chi connectivity index (χ1n) is 3.58. The zero-order chi connectivity index (χ0) is 10.6. The molecule has 0 fully saturated rings. The largest absolute Gasteiger partial charge is 0.477 e. The molecular formula is C8H6Br2N2O2. The van der Waals surface area contributed by atoms with Crippen LogP contribution in [-0.2, 0) is 4.79 Å². The monoisotopic (exact) mass is 320 g/mol. The van der Waals surface area contributed by atoms with Gasteiger partial charge in [-0.2, -0.15) is 9.14 Å². The second-order valence-corrected chi connectivity index (χ2v) is 3.91. The van der Waals surface area contributed by atoms with Crippen LogP contribution in [0.3, 0.4) is 0 Å². The smallest absolute Gasteiger partial charge is 0.348 e. The Hall–Kier alpha value is -0.880. The number of anilines is 1. The van der Waals surface area contributed by atoms with E-state index in [0.717, 1.165) is 16.4 Å². The molecule has 74 valence electrons. The summed E-state index contributed by atoms with van der Waals surface area (Å²) in [6, 6.07) is 7.25. The van der Waals surface area contributed by atoms with Gasteiger partial charge in [0.25, 0.3) is 0 Å². The van der Waals surface area contributed by atoms with Crippen LogP contribution in [0.4, 0.5) is 5.69 Å². The molecule has 0 aliphatic heterocycles. The van der Waals surface area contributed by atoms with Crippen LogP contribution in [-0.4, -0.2) is 17.3 Å². The van der Waals surface area contributed by atoms with Gasteiger partial charge in [0.15, 0.2) is 0 Å². The topological polar surface area (TPSA) is 52.9 Å². The summed E-state index contributed by atoms with van der Waals surface area (Å²) in [6.45, 7) is 0. The van der Waals surface area contributed by atoms with Crippen LogP contribution in [0.25, 0.3) is 0 Å². The molecule has 14 heavy (non-hydrogen) atoms. The van der Waals surface area contributed by atoms with Crippen molar-refractivity contribution in [3.05, 3.63) is 28.7 Å². The molecule has 0 heterocycles. The van der Waals surface area contributed by atoms with Crippen LogP contribution in [0.5, 0.6) is 0 Å². The lowest BCUT2D eigenvalue weighted by atomic mass is 10.3. The van der Waals surface area contributed by atoms with Gasteiger partial charge in [-0.05, 0) is 24.3 Å². The van der Waals surface area contributed by atoms with Crippen molar-refractivity contribution in [1.29, 1.82) is 0 Å². The molecule has 0 saturated heterocycles. The molecule has 0 atom stereocenters. The number of carboxylic acids is 1. The quantitative estimate of drug-likeness (QED) is 0.529. The van der Waals surface area contributed by atoms with Gasteiger partial charge < -0.3 is 5.11 Å². The maximum atomic E-state index is 10.2. The summed E-state index contributed by atoms with van der Waals surface area (Å²) < 4.78 is 2.25. The van der Waals surface area contributed by atoms with E-state index in [1.165, 1.54) is 4.03 Å². The third kappa shape index (κ3) is 3.47. The van der Waals surface area contributed by atoms with Crippen molar-refractivity contribution in [3.63, 3.8) is 0 Å². The number of rotatable bonds is 3. The fourth-order valence-electron chi connectivity index (χ4n) is 0.731. The number of carboxylic acid groups (broad SMARTS) is 1. The van der Waals surface area contributed by atoms with E-state index >= 15 is 0 Å². The van der Waals surface area contributed by atoms with Crippen LogP contribution in [0.1, 0.15) is 0 Å². The Morgan fingerprint density at radius 2 is 2.00 bits per heavy atom. The number of aliphatic carboxylic acids is 1. The van der Waals surface area contributed by atoms with Gasteiger partial charge >= 0.3 is 5.97 Å². The van der Waals surface area contributed by atoms with Gasteiger partial charge in [0.2, 0.25) is 0 Å². The number of hydrogen-bond donors (Lipinski definition) is 1. The Morgan fingerprint density at radius 1 is 1.43 bits per heavy atom. The van der Waals surface area contributed by atoms with Crippen molar-refractivity contribution < 1.29 is 9.90 Å². The molecule has 1 aromatic rings. The van der Waals surface area contributed by atoms with Crippen LogP contribution < -0.4 is 4.03 Å². The molecule has 0 aliphatic carbocycles. The zero-order valence-electron chi connectivity index (χ0n) is 6.89. The Morgan fingerprint density at radius 3 is 2.50 bits per heavy atom. The highest BCUT2D eigenvalue weighted by Gasteiger charge is 1.99. The fourth-order valence-corrected chi connectivity index (χ4v) is 1.32. The summed E-state index contributed by atoms with van der Waals surface area (Å²) in [6.07, 6.45) is 0.802. The molecule has 0 aliphatic rings. The Labute approximate surface area is 97.7 Å². The van der Waals surface area contributed by atoms with E-state index in [2.05, 4.69) is 37.2 Å². The Balaban J connectivity index is 2.74. The van der Waals surface area contributed by atoms with E-state index in [9.17, 15) is 4.79 Å². The van der Waals surface area contributed by atoms with Crippen LogP contribution in [0.2, 0.25) is 0 Å². The maximum Gasteiger partial charge on any atom is 0.348 e. The first kappa shape index (κ1) is 11.2. The SMILES string of the molecule is O=C(O)/C=N/N(Br)c1ccc(Br)cc1. The Bertz CT molecular complexity index is 351. The van der Waals surface area contributed by atoms with Gasteiger partial charge in [-0.15, -0.1) is 0 Å². The summed E-state index contributed by atoms with van der Waals surface area (Å²) in [5.74, 6) is -1.09. The summed E-state index contributed by atoms with van der Waals surface area (Å²) in [5, 5.41) is 12.0. The second kappa shape index (κ2) is 5.11. The highest BCUT2D eigenvalue weighted by Crippen LogP contribution is 2.20. The second-order valence-electron chi connectivity index (χ2n) is 2.32. The summed E-state index contributed by atoms with van der Waals surface area (Å²) in [4.78, 5) is 10.2. The average Bonchev–Trinajstić information content (AvgIpc) is 2.15. The highest BCUT2D eigenvalue weighted by atomic mass is 79.9. The molecule has 0 radical (unpaired) electrons. The van der Waals surface area contributed by atoms with E-state index in [0.29, 0.717) is 0 Å². The fraction of sp³-hybridized carbons (Fsp3) is 0. The predicted molar refractivity (Wildman–Crippen MR) is 61.7 cm³/mol. The highest BCUT2D eigenvalue weighted by molar-refractivity contribution is 9.10. The molecule has 0 saturated carbocycles. The third-order valence-corrected chi connectivity index (χ3v) is 2.43. The standard InChI is InChI=1S/C8H6Br2N2O2/c9-6-1-3-7(4-2-6)12(10)11-5-8(13)14/h1-5H,(H,13,14)/b11-5+. The van der Waals surface area contributed by atoms with Crippen molar-refractivity contribution in [1.82, 2.24) is 0 Å². The minimum Gasteiger partial charge on any atom is -0.477 e. The number of hydrogen-bond acceptors (Lipinski definition) is 3. The van der Waals surface area contributed by atoms with Gasteiger partial charge in [0.1, 0.15) is 6.21 Å². The van der Waals surface area contributed by atoms with E-state index in [1.54, 1.807) is 12.1 Å². The maximum absolute atomic E-state index is 10.2. The van der Waals surface area contributed by atoms with Gasteiger partial charge in [0.05, 0.1) is 21.8 Å². The molecule has 1 aromatic carbocycles. The first-order chi connectivity index (χ1) is 6.59. The summed E-state index contributed by atoms with van der Waals surface area (Å²) in [5.41, 5.74) is 0.741. The van der Waals surface area contributed by atoms with Crippen molar-refractivity contribution in [2.75, 3.05) is 4.03 Å². The number of halogens is 2. The summed E-state index contributed by atoms with van der Waals surface area (Å²) >= 11 is 6.39. The molecule has 0 amide bonds. The third-order valence-electron chi connectivity index (χ3n) is 1.31. The molecule has 1 N–H and O–H groups in total. The molecule has 0 aromatic heterocycles. The Kier molecular flexibility index (Phi) is 4.09. The number of nitrogens with zero attached hydrogens (tertiary/aromatic N) is 2. The minimum atomic E-state index is -1.09. The lowest BCUT2D eigenvalue weighted by Crippen LogP contribution is -2.04. The number of carbonyl (C=O) groups is 1. The molecule has 6 heteroatoms. The van der Waals surface area contributed by atoms with E-state index in [-0.39, 0.29) is 0 Å². The zero-order valence-corrected chi connectivity index (χ0v) is 10.1. The number of hydrazone groups is 1. The molecule has 4 nitrogen and oxygen atoms in total. The van der Waals surface area contributed by atoms with Crippen molar-refractivity contribution in [2.45, 2.75) is 0 Å². The minimum absolute atomic E-state index is 0.741. The lowest BCUT2D eigenvalue weighted by molar-refractivity contribution is -0.128. The van der Waals surface area contributed by atoms with Crippen molar-refractivity contribution in [2.24, 2.45) is 5.10 Å². The first-order valence-corrected chi connectivity index (χ1v) is 5.08. The number of benzene rings is 1. The molecular weight excluding hydrogens is 316 g/mol. The normalized spacial score (nSPS) is 10.4. The van der Waals surface area contributed by atoms with Gasteiger partial charge in [-0.25, -0.2) is 4.79 Å². The van der Waals surface area contributed by atoms with Crippen LogP contribution in [0.15, 0.2) is 33.8 Å². The molecule has 1 rings (SSSR count). The van der Waals surface area contributed by atoms with Crippen molar-refractivity contribution >= 4 is 49.9 Å². The predicted octanol–water partition coefficient (Wildman–Crippen LogP) is 2.64. The van der Waals surface area contributed by atoms with Crippen LogP contribution in [0, 0.1) is 0 Å². The molecule has 0 bridgehead atoms. The lowest BCUT2D eigenvalue weighted by Gasteiger charge is -2.08. The van der Waals surface area contributed by atoms with E-state index < -0.39 is 5.97 Å². The van der Waals surface area contributed by atoms with E-state index in [1.807, 2.05) is 12.1 Å². The van der Waals surface area contributed by atoms with Gasteiger partial charge in [-0.3, -0.25) is 0 Å². The van der Waals surface area contributed by atoms with Gasteiger partial charge in [0, 0.05) is 4.47 Å². The van der Waals surface area contributed by atoms with E-state index in [4.69, 9.17) is 5.11 Å². The molecule has 0 unspecified atom stereocenters. The molecule has 0 spiro atoms.